The van der Waals surface area contributed by atoms with Gasteiger partial charge in [-0.15, -0.1) is 0 Å². The van der Waals surface area contributed by atoms with E-state index in [0.29, 0.717) is 55.4 Å². The standard InChI is InChI=1S/C24H27N3O4/c1-4-31-20-10-8-17(9-11-20)21-22(26-12-14-30-15-13-26)24(29)27(23(21)28)19-7-5-6-18(16-19)25(2)3/h5-11,16H,4,12-15H2,1-3H3. The Labute approximate surface area is 182 Å². The summed E-state index contributed by atoms with van der Waals surface area (Å²) < 4.78 is 11.0. The van der Waals surface area contributed by atoms with Crippen molar-refractivity contribution < 1.29 is 19.1 Å². The predicted molar refractivity (Wildman–Crippen MR) is 120 cm³/mol. The summed E-state index contributed by atoms with van der Waals surface area (Å²) in [7, 11) is 3.85. The molecule has 0 N–H and O–H groups in total. The van der Waals surface area contributed by atoms with Crippen molar-refractivity contribution in [2.24, 2.45) is 0 Å². The number of hydrogen-bond donors (Lipinski definition) is 0. The smallest absolute Gasteiger partial charge is 0.282 e. The summed E-state index contributed by atoms with van der Waals surface area (Å²) in [5.74, 6) is 0.116. The number of morpholine rings is 1. The van der Waals surface area contributed by atoms with E-state index in [1.807, 2.05) is 73.3 Å². The number of benzene rings is 2. The molecule has 7 nitrogen and oxygen atoms in total. The van der Waals surface area contributed by atoms with Crippen LogP contribution in [0.15, 0.2) is 54.2 Å². The summed E-state index contributed by atoms with van der Waals surface area (Å²) >= 11 is 0. The first-order valence-corrected chi connectivity index (χ1v) is 10.5. The molecule has 2 aromatic rings. The van der Waals surface area contributed by atoms with E-state index in [2.05, 4.69) is 0 Å². The van der Waals surface area contributed by atoms with Crippen LogP contribution in [-0.4, -0.2) is 63.7 Å². The van der Waals surface area contributed by atoms with E-state index in [4.69, 9.17) is 9.47 Å². The monoisotopic (exact) mass is 421 g/mol. The first-order valence-electron chi connectivity index (χ1n) is 10.5. The van der Waals surface area contributed by atoms with Crippen LogP contribution in [0.2, 0.25) is 0 Å². The number of rotatable bonds is 6. The van der Waals surface area contributed by atoms with Crippen molar-refractivity contribution in [3.8, 4) is 5.75 Å². The Balaban J connectivity index is 1.78. The van der Waals surface area contributed by atoms with Gasteiger partial charge in [-0.3, -0.25) is 9.59 Å². The third kappa shape index (κ3) is 4.01. The fourth-order valence-electron chi connectivity index (χ4n) is 3.89. The lowest BCUT2D eigenvalue weighted by Crippen LogP contribution is -2.40. The molecule has 0 unspecified atom stereocenters. The molecule has 0 saturated carbocycles. The van der Waals surface area contributed by atoms with E-state index in [9.17, 15) is 9.59 Å². The molecule has 162 valence electrons. The second kappa shape index (κ2) is 8.81. The van der Waals surface area contributed by atoms with Crippen LogP contribution >= 0.6 is 0 Å². The molecule has 0 aromatic heterocycles. The summed E-state index contributed by atoms with van der Waals surface area (Å²) in [6, 6.07) is 14.8. The highest BCUT2D eigenvalue weighted by molar-refractivity contribution is 6.45. The second-order valence-electron chi connectivity index (χ2n) is 7.64. The van der Waals surface area contributed by atoms with Crippen LogP contribution in [0.5, 0.6) is 5.75 Å². The van der Waals surface area contributed by atoms with Gasteiger partial charge < -0.3 is 19.3 Å². The topological polar surface area (TPSA) is 62.3 Å². The van der Waals surface area contributed by atoms with Crippen molar-refractivity contribution in [3.63, 3.8) is 0 Å². The zero-order chi connectivity index (χ0) is 22.0. The van der Waals surface area contributed by atoms with E-state index < -0.39 is 0 Å². The molecule has 0 aliphatic carbocycles. The number of carbonyl (C=O) groups is 2. The third-order valence-electron chi connectivity index (χ3n) is 5.45. The number of carbonyl (C=O) groups excluding carboxylic acids is 2. The van der Waals surface area contributed by atoms with Gasteiger partial charge in [0.2, 0.25) is 0 Å². The van der Waals surface area contributed by atoms with Crippen molar-refractivity contribution >= 4 is 28.8 Å². The molecule has 4 rings (SSSR count). The lowest BCUT2D eigenvalue weighted by molar-refractivity contribution is -0.121. The quantitative estimate of drug-likeness (QED) is 0.669. The highest BCUT2D eigenvalue weighted by Gasteiger charge is 2.42. The molecule has 2 aliphatic heterocycles. The maximum absolute atomic E-state index is 13.6. The normalized spacial score (nSPS) is 16.9. The van der Waals surface area contributed by atoms with Crippen LogP contribution in [0.1, 0.15) is 12.5 Å². The van der Waals surface area contributed by atoms with Crippen LogP contribution in [0.4, 0.5) is 11.4 Å². The van der Waals surface area contributed by atoms with E-state index in [1.54, 1.807) is 6.07 Å². The van der Waals surface area contributed by atoms with Crippen molar-refractivity contribution in [2.45, 2.75) is 6.92 Å². The van der Waals surface area contributed by atoms with Gasteiger partial charge >= 0.3 is 0 Å². The molecule has 1 saturated heterocycles. The Morgan fingerprint density at radius 2 is 1.71 bits per heavy atom. The molecule has 31 heavy (non-hydrogen) atoms. The molecule has 2 aliphatic rings. The summed E-state index contributed by atoms with van der Waals surface area (Å²) in [6.45, 7) is 4.68. The molecule has 0 radical (unpaired) electrons. The van der Waals surface area contributed by atoms with Gasteiger partial charge in [-0.1, -0.05) is 18.2 Å². The van der Waals surface area contributed by atoms with Crippen LogP contribution < -0.4 is 14.5 Å². The summed E-state index contributed by atoms with van der Waals surface area (Å²) in [4.78, 5) is 32.4. The van der Waals surface area contributed by atoms with Crippen LogP contribution in [0, 0.1) is 0 Å². The minimum atomic E-state index is -0.313. The van der Waals surface area contributed by atoms with E-state index in [-0.39, 0.29) is 11.8 Å². The maximum Gasteiger partial charge on any atom is 0.282 e. The highest BCUT2D eigenvalue weighted by Crippen LogP contribution is 2.36. The lowest BCUT2D eigenvalue weighted by atomic mass is 10.0. The predicted octanol–water partition coefficient (Wildman–Crippen LogP) is 2.77. The van der Waals surface area contributed by atoms with Gasteiger partial charge in [0.1, 0.15) is 11.4 Å². The molecule has 2 aromatic carbocycles. The number of imide groups is 1. The molecular weight excluding hydrogens is 394 g/mol. The van der Waals surface area contributed by atoms with Crippen molar-refractivity contribution in [2.75, 3.05) is 56.8 Å². The molecule has 2 heterocycles. The van der Waals surface area contributed by atoms with Gasteiger partial charge in [-0.25, -0.2) is 4.90 Å². The lowest BCUT2D eigenvalue weighted by Gasteiger charge is -2.29. The number of nitrogens with zero attached hydrogens (tertiary/aromatic N) is 3. The Morgan fingerprint density at radius 3 is 2.35 bits per heavy atom. The van der Waals surface area contributed by atoms with E-state index >= 15 is 0 Å². The first kappa shape index (κ1) is 20.9. The van der Waals surface area contributed by atoms with Crippen LogP contribution in [-0.2, 0) is 14.3 Å². The molecule has 0 atom stereocenters. The zero-order valence-corrected chi connectivity index (χ0v) is 18.1. The Kier molecular flexibility index (Phi) is 5.95. The fraction of sp³-hybridized carbons (Fsp3) is 0.333. The zero-order valence-electron chi connectivity index (χ0n) is 18.1. The molecule has 0 spiro atoms. The van der Waals surface area contributed by atoms with Crippen molar-refractivity contribution in [1.29, 1.82) is 0 Å². The van der Waals surface area contributed by atoms with Gasteiger partial charge in [0.25, 0.3) is 11.8 Å². The SMILES string of the molecule is CCOc1ccc(C2=C(N3CCOCC3)C(=O)N(c3cccc(N(C)C)c3)C2=O)cc1. The number of ether oxygens (including phenoxy) is 2. The molecule has 1 fully saturated rings. The molecular formula is C24H27N3O4. The molecule has 7 heteroatoms. The maximum atomic E-state index is 13.6. The summed E-state index contributed by atoms with van der Waals surface area (Å²) in [5, 5.41) is 0. The summed E-state index contributed by atoms with van der Waals surface area (Å²) in [5.41, 5.74) is 3.04. The van der Waals surface area contributed by atoms with Gasteiger partial charge in [-0.2, -0.15) is 0 Å². The fourth-order valence-corrected chi connectivity index (χ4v) is 3.89. The Morgan fingerprint density at radius 1 is 1.00 bits per heavy atom. The average molecular weight is 421 g/mol. The van der Waals surface area contributed by atoms with Gasteiger partial charge in [0.05, 0.1) is 31.1 Å². The van der Waals surface area contributed by atoms with E-state index in [1.165, 1.54) is 4.90 Å². The first-order chi connectivity index (χ1) is 15.0. The molecule has 2 amide bonds. The Hall–Kier alpha value is -3.32. The van der Waals surface area contributed by atoms with E-state index in [0.717, 1.165) is 11.4 Å². The van der Waals surface area contributed by atoms with Crippen molar-refractivity contribution in [1.82, 2.24) is 4.90 Å². The number of anilines is 2. The van der Waals surface area contributed by atoms with Crippen LogP contribution in [0.3, 0.4) is 0 Å². The van der Waals surface area contributed by atoms with Crippen molar-refractivity contribution in [3.05, 3.63) is 59.8 Å². The average Bonchev–Trinajstić information content (AvgIpc) is 3.05. The second-order valence-corrected chi connectivity index (χ2v) is 7.64. The summed E-state index contributed by atoms with van der Waals surface area (Å²) in [6.07, 6.45) is 0. The largest absolute Gasteiger partial charge is 0.494 e. The minimum absolute atomic E-state index is 0.299. The highest BCUT2D eigenvalue weighted by atomic mass is 16.5. The number of amides is 2. The van der Waals surface area contributed by atoms with Gasteiger partial charge in [-0.05, 0) is 42.8 Å². The van der Waals surface area contributed by atoms with Gasteiger partial charge in [0.15, 0.2) is 0 Å². The molecule has 0 bridgehead atoms. The Bertz CT molecular complexity index is 1010. The van der Waals surface area contributed by atoms with Gasteiger partial charge in [0, 0.05) is 32.9 Å². The minimum Gasteiger partial charge on any atom is -0.494 e. The van der Waals surface area contributed by atoms with Crippen LogP contribution in [0.25, 0.3) is 5.57 Å². The third-order valence-corrected chi connectivity index (χ3v) is 5.45. The number of hydrogen-bond acceptors (Lipinski definition) is 6.